The largest absolute Gasteiger partial charge is 0.504 e. The summed E-state index contributed by atoms with van der Waals surface area (Å²) in [5.41, 5.74) is 0.914. The predicted octanol–water partition coefficient (Wildman–Crippen LogP) is -0.765. The van der Waals surface area contributed by atoms with E-state index in [0.29, 0.717) is 11.1 Å². The van der Waals surface area contributed by atoms with Crippen LogP contribution in [-0.2, 0) is 44.5 Å². The highest BCUT2D eigenvalue weighted by Crippen LogP contribution is 2.32. The van der Waals surface area contributed by atoms with Crippen molar-refractivity contribution in [2.45, 2.75) is 74.8 Å². The number of ether oxygens (including phenoxy) is 5. The molecule has 0 radical (unpaired) electrons. The van der Waals surface area contributed by atoms with Gasteiger partial charge < -0.3 is 69.6 Å². The molecule has 2 aromatic carbocycles. The summed E-state index contributed by atoms with van der Waals surface area (Å²) in [4.78, 5) is 33.4. The molecule has 0 unspecified atom stereocenters. The number of carbonyl (C=O) groups excluding carboxylic acids is 3. The van der Waals surface area contributed by atoms with E-state index in [-0.39, 0.29) is 30.3 Å². The Morgan fingerprint density at radius 1 is 0.769 bits per heavy atom. The van der Waals surface area contributed by atoms with Crippen molar-refractivity contribution in [1.29, 1.82) is 0 Å². The molecule has 52 heavy (non-hydrogen) atoms. The number of esters is 1. The van der Waals surface area contributed by atoms with Crippen molar-refractivity contribution in [3.8, 4) is 23.0 Å². The molecule has 10 atom stereocenters. The number of ketones is 2. The summed E-state index contributed by atoms with van der Waals surface area (Å²) in [6.07, 6.45) is -7.01. The van der Waals surface area contributed by atoms with Crippen LogP contribution in [0.5, 0.6) is 23.0 Å². The van der Waals surface area contributed by atoms with Crippen LogP contribution in [0, 0.1) is 0 Å². The number of allylic oxidation sites excluding steroid dienone is 4. The van der Waals surface area contributed by atoms with Crippen molar-refractivity contribution in [3.63, 3.8) is 0 Å². The molecule has 0 aromatic heterocycles. The molecule has 0 amide bonds. The van der Waals surface area contributed by atoms with Crippen LogP contribution in [0.2, 0.25) is 0 Å². The summed E-state index contributed by atoms with van der Waals surface area (Å²) in [7, 11) is 0. The van der Waals surface area contributed by atoms with Gasteiger partial charge in [0.25, 0.3) is 0 Å². The zero-order valence-electron chi connectivity index (χ0n) is 27.6. The molecule has 2 fully saturated rings. The minimum absolute atomic E-state index is 0.0754. The minimum atomic E-state index is -1.77. The molecule has 282 valence electrons. The lowest BCUT2D eigenvalue weighted by Gasteiger charge is -2.46. The normalized spacial score (nSPS) is 30.2. The highest BCUT2D eigenvalue weighted by Gasteiger charge is 2.52. The molecular weight excluding hydrogens is 692 g/mol. The maximum atomic E-state index is 12.8. The molecule has 17 heteroatoms. The average Bonchev–Trinajstić information content (AvgIpc) is 3.12. The van der Waals surface area contributed by atoms with Crippen molar-refractivity contribution < 1.29 is 84.0 Å². The first-order valence-electron chi connectivity index (χ1n) is 16.0. The predicted molar refractivity (Wildman–Crippen MR) is 175 cm³/mol. The highest BCUT2D eigenvalue weighted by molar-refractivity contribution is 6.46. The standard InChI is InChI=1S/C29H36O15.C6H4O2/c1-13-22(36)23(37)24(38)29(41-13)44-27-25(39)28(40-9-8-15-3-6-17(32)19(34)11-15)42-20(12-30)26(27)43-21(35)7-4-14-2-5-16(31)18(33)10-14;7-5-3-1-2-4-6(5)8/h2-7,10-11,13,20,22-34,36-39H,8-9,12H2,1H3;1-4H/b7-4+;/t13-,20+,22-,23+,24+,25+,26+,27+,28+,29-;/m0./s1. The summed E-state index contributed by atoms with van der Waals surface area (Å²) in [6, 6.07) is 7.98. The van der Waals surface area contributed by atoms with Gasteiger partial charge in [0, 0.05) is 6.08 Å². The first-order chi connectivity index (χ1) is 24.7. The van der Waals surface area contributed by atoms with E-state index in [4.69, 9.17) is 23.7 Å². The third kappa shape index (κ3) is 10.2. The van der Waals surface area contributed by atoms with Crippen LogP contribution in [0.3, 0.4) is 0 Å². The van der Waals surface area contributed by atoms with E-state index in [0.717, 1.165) is 6.08 Å². The van der Waals surface area contributed by atoms with E-state index >= 15 is 0 Å². The molecule has 2 aliphatic heterocycles. The Hall–Kier alpha value is -4.69. The Kier molecular flexibility index (Phi) is 14.0. The van der Waals surface area contributed by atoms with E-state index in [1.54, 1.807) is 18.2 Å². The average molecular weight is 733 g/mol. The Morgan fingerprint density at radius 3 is 2.00 bits per heavy atom. The third-order valence-corrected chi connectivity index (χ3v) is 8.12. The van der Waals surface area contributed by atoms with Gasteiger partial charge in [-0.1, -0.05) is 24.3 Å². The van der Waals surface area contributed by atoms with E-state index in [2.05, 4.69) is 0 Å². The zero-order valence-corrected chi connectivity index (χ0v) is 27.6. The van der Waals surface area contributed by atoms with Gasteiger partial charge in [0.1, 0.15) is 36.6 Å². The van der Waals surface area contributed by atoms with E-state index in [1.807, 2.05) is 0 Å². The van der Waals surface area contributed by atoms with Gasteiger partial charge >= 0.3 is 5.97 Å². The topological polar surface area (TPSA) is 279 Å². The van der Waals surface area contributed by atoms with Gasteiger partial charge in [-0.15, -0.1) is 0 Å². The smallest absolute Gasteiger partial charge is 0.331 e. The van der Waals surface area contributed by atoms with Gasteiger partial charge in [-0.05, 0) is 67.0 Å². The number of carbonyl (C=O) groups is 3. The molecule has 1 aliphatic carbocycles. The molecule has 2 saturated heterocycles. The number of aliphatic hydroxyl groups excluding tert-OH is 5. The summed E-state index contributed by atoms with van der Waals surface area (Å²) in [5, 5.41) is 90.5. The summed E-state index contributed by atoms with van der Waals surface area (Å²) in [5.74, 6) is -3.27. The van der Waals surface area contributed by atoms with Crippen LogP contribution >= 0.6 is 0 Å². The van der Waals surface area contributed by atoms with Crippen LogP contribution in [-0.4, -0.2) is 138 Å². The number of benzene rings is 2. The SMILES string of the molecule is C[C@@H]1O[C@@H](O[C@@H]2[C@@H](O)[C@H](OCCc3ccc(O)c(O)c3)O[C@H](CO)[C@H]2OC(=O)/C=C/c2ccc(O)c(O)c2)[C@H](O)[C@H](O)[C@H]1O.O=C1C=CC=CC1=O. The van der Waals surface area contributed by atoms with E-state index < -0.39 is 91.3 Å². The number of hydrogen-bond acceptors (Lipinski definition) is 17. The van der Waals surface area contributed by atoms with Gasteiger partial charge in [-0.3, -0.25) is 9.59 Å². The Labute approximate surface area is 296 Å². The second-order valence-corrected chi connectivity index (χ2v) is 11.9. The Balaban J connectivity index is 0.000000666. The fraction of sp³-hybridized carbons (Fsp3) is 0.400. The molecule has 5 rings (SSSR count). The second-order valence-electron chi connectivity index (χ2n) is 11.9. The fourth-order valence-corrected chi connectivity index (χ4v) is 5.21. The summed E-state index contributed by atoms with van der Waals surface area (Å²) >= 11 is 0. The first kappa shape index (κ1) is 40.1. The Bertz CT molecular complexity index is 1630. The molecule has 9 N–H and O–H groups in total. The van der Waals surface area contributed by atoms with Crippen LogP contribution in [0.1, 0.15) is 18.1 Å². The lowest BCUT2D eigenvalue weighted by molar-refractivity contribution is -0.357. The maximum absolute atomic E-state index is 12.8. The lowest BCUT2D eigenvalue weighted by atomic mass is 9.97. The van der Waals surface area contributed by atoms with Crippen LogP contribution < -0.4 is 0 Å². The zero-order chi connectivity index (χ0) is 38.1. The van der Waals surface area contributed by atoms with E-state index in [9.17, 15) is 60.3 Å². The monoisotopic (exact) mass is 732 g/mol. The summed E-state index contributed by atoms with van der Waals surface area (Å²) < 4.78 is 28.2. The first-order valence-corrected chi connectivity index (χ1v) is 16.0. The highest BCUT2D eigenvalue weighted by atomic mass is 16.7. The number of aromatic hydroxyl groups is 4. The number of hydrogen-bond donors (Lipinski definition) is 9. The second kappa shape index (κ2) is 18.2. The van der Waals surface area contributed by atoms with Crippen molar-refractivity contribution in [1.82, 2.24) is 0 Å². The molecule has 3 aliphatic rings. The van der Waals surface area contributed by atoms with Gasteiger partial charge in [0.05, 0.1) is 19.3 Å². The molecule has 0 bridgehead atoms. The number of aliphatic hydroxyl groups is 5. The quantitative estimate of drug-likeness (QED) is 0.0477. The third-order valence-electron chi connectivity index (χ3n) is 8.12. The van der Waals surface area contributed by atoms with Crippen LogP contribution in [0.4, 0.5) is 0 Å². The van der Waals surface area contributed by atoms with Crippen molar-refractivity contribution >= 4 is 23.6 Å². The van der Waals surface area contributed by atoms with Gasteiger partial charge in [0.15, 0.2) is 41.7 Å². The molecule has 2 heterocycles. The van der Waals surface area contributed by atoms with Gasteiger partial charge in [-0.25, -0.2) is 4.79 Å². The van der Waals surface area contributed by atoms with Crippen molar-refractivity contribution in [2.24, 2.45) is 0 Å². The maximum Gasteiger partial charge on any atom is 0.331 e. The van der Waals surface area contributed by atoms with Crippen molar-refractivity contribution in [3.05, 3.63) is 77.9 Å². The van der Waals surface area contributed by atoms with Crippen LogP contribution in [0.25, 0.3) is 6.08 Å². The number of phenolic OH excluding ortho intramolecular Hbond substituents is 4. The number of phenols is 4. The molecule has 17 nitrogen and oxygen atoms in total. The molecule has 2 aromatic rings. The van der Waals surface area contributed by atoms with Gasteiger partial charge in [-0.2, -0.15) is 0 Å². The minimum Gasteiger partial charge on any atom is -0.504 e. The fourth-order valence-electron chi connectivity index (χ4n) is 5.21. The lowest BCUT2D eigenvalue weighted by Crippen LogP contribution is -2.65. The molecule has 0 saturated carbocycles. The number of rotatable bonds is 10. The van der Waals surface area contributed by atoms with Crippen LogP contribution in [0.15, 0.2) is 66.8 Å². The molecule has 0 spiro atoms. The molecular formula is C35H40O17. The Morgan fingerprint density at radius 2 is 1.40 bits per heavy atom. The van der Waals surface area contributed by atoms with E-state index in [1.165, 1.54) is 55.5 Å². The summed E-state index contributed by atoms with van der Waals surface area (Å²) in [6.45, 7) is 0.606. The van der Waals surface area contributed by atoms with Gasteiger partial charge in [0.2, 0.25) is 11.6 Å². The van der Waals surface area contributed by atoms with Crippen molar-refractivity contribution in [2.75, 3.05) is 13.2 Å².